The van der Waals surface area contributed by atoms with Crippen molar-refractivity contribution in [3.05, 3.63) is 9.47 Å². The van der Waals surface area contributed by atoms with Crippen molar-refractivity contribution in [3.8, 4) is 0 Å². The van der Waals surface area contributed by atoms with Crippen LogP contribution in [0.2, 0.25) is 4.47 Å². The van der Waals surface area contributed by atoms with E-state index in [-0.39, 0.29) is 16.0 Å². The van der Waals surface area contributed by atoms with Crippen molar-refractivity contribution in [3.63, 3.8) is 0 Å². The van der Waals surface area contributed by atoms with Crippen LogP contribution in [0.1, 0.15) is 9.80 Å². The molecule has 6 nitrogen and oxygen atoms in total. The Balaban J connectivity index is 2.70. The molecule has 0 unspecified atom stereocenters. The molecule has 0 aliphatic carbocycles. The number of aromatic nitrogens is 2. The number of rotatable bonds is 3. The summed E-state index contributed by atoms with van der Waals surface area (Å²) in [5.74, 6) is -1.01. The molecule has 0 radical (unpaired) electrons. The largest absolute Gasteiger partial charge is 0.368 e. The van der Waals surface area contributed by atoms with Crippen LogP contribution in [-0.2, 0) is 4.79 Å². The van der Waals surface area contributed by atoms with E-state index in [0.717, 1.165) is 16.2 Å². The summed E-state index contributed by atoms with van der Waals surface area (Å²) in [5.41, 5.74) is 4.92. The predicted molar refractivity (Wildman–Crippen MR) is 51.1 cm³/mol. The molecule has 0 aliphatic rings. The molecule has 0 fully saturated rings. The van der Waals surface area contributed by atoms with Gasteiger partial charge in [0.2, 0.25) is 15.4 Å². The van der Waals surface area contributed by atoms with Crippen LogP contribution >= 0.6 is 22.9 Å². The summed E-state index contributed by atoms with van der Waals surface area (Å²) in [6.07, 6.45) is 0. The fourth-order valence-corrected chi connectivity index (χ4v) is 1.58. The average Bonchev–Trinajstić information content (AvgIpc) is 2.49. The third kappa shape index (κ3) is 2.64. The molecule has 0 spiro atoms. The Kier molecular flexibility index (Phi) is 3.37. The number of primary amides is 1. The van der Waals surface area contributed by atoms with Crippen molar-refractivity contribution in [2.24, 2.45) is 5.73 Å². The standard InChI is InChI=1S/C6H7ClN4O2S/c1-11(2-3(8)12)5(13)4-9-10-6(7)14-4/h2H2,1H3,(H2,8,12). The highest BCUT2D eigenvalue weighted by atomic mass is 35.5. The van der Waals surface area contributed by atoms with Crippen molar-refractivity contribution >= 4 is 34.8 Å². The molecular weight excluding hydrogens is 228 g/mol. The molecule has 0 atom stereocenters. The fourth-order valence-electron chi connectivity index (χ4n) is 0.761. The van der Waals surface area contributed by atoms with Crippen LogP contribution in [0.15, 0.2) is 0 Å². The maximum atomic E-state index is 11.5. The quantitative estimate of drug-likeness (QED) is 0.781. The molecule has 0 aromatic carbocycles. The van der Waals surface area contributed by atoms with E-state index in [1.54, 1.807) is 0 Å². The van der Waals surface area contributed by atoms with Gasteiger partial charge in [0.1, 0.15) is 0 Å². The lowest BCUT2D eigenvalue weighted by Gasteiger charge is -2.11. The molecule has 0 aliphatic heterocycles. The van der Waals surface area contributed by atoms with Crippen LogP contribution in [0.3, 0.4) is 0 Å². The van der Waals surface area contributed by atoms with Gasteiger partial charge in [0.05, 0.1) is 6.54 Å². The Labute approximate surface area is 88.7 Å². The van der Waals surface area contributed by atoms with Gasteiger partial charge in [-0.3, -0.25) is 9.59 Å². The molecule has 1 aromatic heterocycles. The van der Waals surface area contributed by atoms with Gasteiger partial charge in [0.25, 0.3) is 5.91 Å². The van der Waals surface area contributed by atoms with Crippen LogP contribution in [0.5, 0.6) is 0 Å². The van der Waals surface area contributed by atoms with Gasteiger partial charge in [0, 0.05) is 7.05 Å². The molecule has 0 saturated carbocycles. The normalized spacial score (nSPS) is 9.86. The molecule has 0 saturated heterocycles. The van der Waals surface area contributed by atoms with Gasteiger partial charge in [0.15, 0.2) is 0 Å². The van der Waals surface area contributed by atoms with Gasteiger partial charge < -0.3 is 10.6 Å². The van der Waals surface area contributed by atoms with Crippen LogP contribution in [0.25, 0.3) is 0 Å². The van der Waals surface area contributed by atoms with Crippen LogP contribution in [-0.4, -0.2) is 40.5 Å². The highest BCUT2D eigenvalue weighted by Gasteiger charge is 2.17. The topological polar surface area (TPSA) is 89.2 Å². The number of nitrogens with zero attached hydrogens (tertiary/aromatic N) is 3. The van der Waals surface area contributed by atoms with Crippen molar-refractivity contribution in [1.29, 1.82) is 0 Å². The molecule has 2 amide bonds. The highest BCUT2D eigenvalue weighted by Crippen LogP contribution is 2.15. The Morgan fingerprint density at radius 1 is 1.57 bits per heavy atom. The van der Waals surface area contributed by atoms with Crippen molar-refractivity contribution in [2.45, 2.75) is 0 Å². The number of likely N-dealkylation sites (N-methyl/N-ethyl adjacent to an activating group) is 1. The van der Waals surface area contributed by atoms with E-state index < -0.39 is 11.8 Å². The van der Waals surface area contributed by atoms with Crippen LogP contribution < -0.4 is 5.73 Å². The van der Waals surface area contributed by atoms with Crippen LogP contribution in [0.4, 0.5) is 0 Å². The number of amides is 2. The summed E-state index contributed by atoms with van der Waals surface area (Å²) in [4.78, 5) is 23.1. The third-order valence-electron chi connectivity index (χ3n) is 1.32. The number of hydrogen-bond donors (Lipinski definition) is 1. The zero-order valence-corrected chi connectivity index (χ0v) is 8.80. The Morgan fingerprint density at radius 3 is 2.64 bits per heavy atom. The summed E-state index contributed by atoms with van der Waals surface area (Å²) in [6, 6.07) is 0. The monoisotopic (exact) mass is 234 g/mol. The van der Waals surface area contributed by atoms with Crippen molar-refractivity contribution < 1.29 is 9.59 Å². The second-order valence-electron chi connectivity index (χ2n) is 2.49. The van der Waals surface area contributed by atoms with Crippen LogP contribution in [0, 0.1) is 0 Å². The van der Waals surface area contributed by atoms with Gasteiger partial charge >= 0.3 is 0 Å². The number of carbonyl (C=O) groups is 2. The molecular formula is C6H7ClN4O2S. The zero-order chi connectivity index (χ0) is 10.7. The summed E-state index contributed by atoms with van der Waals surface area (Å²) in [6.45, 7) is -0.157. The van der Waals surface area contributed by atoms with Crippen molar-refractivity contribution in [1.82, 2.24) is 15.1 Å². The summed E-state index contributed by atoms with van der Waals surface area (Å²) < 4.78 is 0.181. The SMILES string of the molecule is CN(CC(N)=O)C(=O)c1nnc(Cl)s1. The molecule has 2 N–H and O–H groups in total. The minimum Gasteiger partial charge on any atom is -0.368 e. The minimum atomic E-state index is -0.587. The first kappa shape index (κ1) is 10.9. The first-order valence-corrected chi connectivity index (χ1v) is 4.73. The summed E-state index contributed by atoms with van der Waals surface area (Å²) >= 11 is 6.45. The Bertz CT molecular complexity index is 366. The average molecular weight is 235 g/mol. The first-order chi connectivity index (χ1) is 6.50. The number of hydrogen-bond acceptors (Lipinski definition) is 5. The number of halogens is 1. The predicted octanol–water partition coefficient (Wildman–Crippen LogP) is -0.251. The fraction of sp³-hybridized carbons (Fsp3) is 0.333. The zero-order valence-electron chi connectivity index (χ0n) is 7.23. The maximum absolute atomic E-state index is 11.5. The van der Waals surface area contributed by atoms with E-state index in [1.807, 2.05) is 0 Å². The minimum absolute atomic E-state index is 0.138. The molecule has 1 aromatic rings. The molecule has 8 heteroatoms. The Hall–Kier alpha value is -1.21. The van der Waals surface area contributed by atoms with E-state index in [2.05, 4.69) is 10.2 Å². The third-order valence-corrected chi connectivity index (χ3v) is 2.33. The molecule has 0 bridgehead atoms. The van der Waals surface area contributed by atoms with Gasteiger partial charge in [-0.15, -0.1) is 10.2 Å². The number of nitrogens with two attached hydrogens (primary N) is 1. The molecule has 76 valence electrons. The lowest BCUT2D eigenvalue weighted by atomic mass is 10.5. The van der Waals surface area contributed by atoms with E-state index in [9.17, 15) is 9.59 Å². The lowest BCUT2D eigenvalue weighted by molar-refractivity contribution is -0.118. The second kappa shape index (κ2) is 4.34. The van der Waals surface area contributed by atoms with E-state index in [4.69, 9.17) is 17.3 Å². The van der Waals surface area contributed by atoms with Gasteiger partial charge in [-0.25, -0.2) is 0 Å². The number of carbonyl (C=O) groups excluding carboxylic acids is 2. The molecule has 1 rings (SSSR count). The first-order valence-electron chi connectivity index (χ1n) is 3.53. The van der Waals surface area contributed by atoms with Gasteiger partial charge in [-0.05, 0) is 11.6 Å². The lowest BCUT2D eigenvalue weighted by Crippen LogP contribution is -2.35. The van der Waals surface area contributed by atoms with Gasteiger partial charge in [-0.1, -0.05) is 11.3 Å². The molecule has 14 heavy (non-hydrogen) atoms. The van der Waals surface area contributed by atoms with Crippen molar-refractivity contribution in [2.75, 3.05) is 13.6 Å². The highest BCUT2D eigenvalue weighted by molar-refractivity contribution is 7.17. The molecule has 1 heterocycles. The smallest absolute Gasteiger partial charge is 0.285 e. The Morgan fingerprint density at radius 2 is 2.21 bits per heavy atom. The maximum Gasteiger partial charge on any atom is 0.285 e. The summed E-state index contributed by atoms with van der Waals surface area (Å²) in [5, 5.41) is 7.14. The van der Waals surface area contributed by atoms with Gasteiger partial charge in [-0.2, -0.15) is 0 Å². The van der Waals surface area contributed by atoms with E-state index >= 15 is 0 Å². The van der Waals surface area contributed by atoms with E-state index in [0.29, 0.717) is 0 Å². The van der Waals surface area contributed by atoms with E-state index in [1.165, 1.54) is 7.05 Å². The summed E-state index contributed by atoms with van der Waals surface area (Å²) in [7, 11) is 1.45. The second-order valence-corrected chi connectivity index (χ2v) is 4.05.